The maximum Gasteiger partial charge on any atom is 0.269 e. The van der Waals surface area contributed by atoms with E-state index in [1.165, 1.54) is 43.0 Å². The molecular weight excluding hydrogens is 438 g/mol. The van der Waals surface area contributed by atoms with Gasteiger partial charge in [-0.25, -0.2) is 8.42 Å². The molecule has 0 bridgehead atoms. The molecule has 10 heteroatoms. The van der Waals surface area contributed by atoms with Crippen LogP contribution in [0.25, 0.3) is 22.2 Å². The van der Waals surface area contributed by atoms with Crippen molar-refractivity contribution in [3.63, 3.8) is 0 Å². The monoisotopic (exact) mass is 457 g/mol. The first kappa shape index (κ1) is 20.9. The Hall–Kier alpha value is -3.37. The van der Waals surface area contributed by atoms with Crippen LogP contribution in [0.15, 0.2) is 69.4 Å². The number of methoxy groups -OCH3 is 2. The van der Waals surface area contributed by atoms with Crippen molar-refractivity contribution in [2.45, 2.75) is 4.90 Å². The van der Waals surface area contributed by atoms with Crippen molar-refractivity contribution in [3.05, 3.63) is 60.0 Å². The van der Waals surface area contributed by atoms with Crippen LogP contribution in [0.2, 0.25) is 0 Å². The molecule has 0 aliphatic heterocycles. The molecular formula is C21H19N3O5S2. The highest BCUT2D eigenvalue weighted by Crippen LogP contribution is 2.39. The number of benzene rings is 2. The van der Waals surface area contributed by atoms with Gasteiger partial charge < -0.3 is 14.0 Å². The predicted molar refractivity (Wildman–Crippen MR) is 118 cm³/mol. The number of hydrogen-bond donors (Lipinski definition) is 0. The van der Waals surface area contributed by atoms with Gasteiger partial charge in [0.1, 0.15) is 9.77 Å². The third-order valence-corrected chi connectivity index (χ3v) is 7.51. The van der Waals surface area contributed by atoms with Gasteiger partial charge in [-0.05, 0) is 35.7 Å². The molecule has 0 fully saturated rings. The highest BCUT2D eigenvalue weighted by atomic mass is 32.2. The first-order valence-corrected chi connectivity index (χ1v) is 11.5. The Morgan fingerprint density at radius 2 is 1.77 bits per heavy atom. The molecule has 4 rings (SSSR count). The van der Waals surface area contributed by atoms with Gasteiger partial charge in [-0.1, -0.05) is 29.4 Å². The molecule has 0 atom stereocenters. The Labute approximate surface area is 183 Å². The predicted octanol–water partition coefficient (Wildman–Crippen LogP) is 4.31. The molecule has 0 unspecified atom stereocenters. The Kier molecular flexibility index (Phi) is 5.66. The van der Waals surface area contributed by atoms with Crippen LogP contribution in [-0.2, 0) is 10.0 Å². The minimum atomic E-state index is -3.84. The lowest BCUT2D eigenvalue weighted by Gasteiger charge is -2.19. The molecule has 0 spiro atoms. The van der Waals surface area contributed by atoms with E-state index in [0.717, 1.165) is 0 Å². The average Bonchev–Trinajstić information content (AvgIpc) is 3.48. The summed E-state index contributed by atoms with van der Waals surface area (Å²) < 4.78 is 43.9. The SMILES string of the molecule is COc1cccc(-c2noc(-c3sccc3S(=O)(=O)N(C)c3ccccc3)n2)c1OC. The van der Waals surface area contributed by atoms with Crippen LogP contribution in [0.4, 0.5) is 5.69 Å². The van der Waals surface area contributed by atoms with E-state index in [4.69, 9.17) is 14.0 Å². The molecule has 0 amide bonds. The Morgan fingerprint density at radius 1 is 1.00 bits per heavy atom. The van der Waals surface area contributed by atoms with Crippen molar-refractivity contribution in [1.82, 2.24) is 10.1 Å². The van der Waals surface area contributed by atoms with Crippen LogP contribution in [0, 0.1) is 0 Å². The van der Waals surface area contributed by atoms with E-state index in [2.05, 4.69) is 10.1 Å². The molecule has 0 saturated carbocycles. The van der Waals surface area contributed by atoms with Gasteiger partial charge >= 0.3 is 0 Å². The summed E-state index contributed by atoms with van der Waals surface area (Å²) in [7, 11) is 0.728. The fourth-order valence-electron chi connectivity index (χ4n) is 3.07. The van der Waals surface area contributed by atoms with E-state index in [-0.39, 0.29) is 16.6 Å². The van der Waals surface area contributed by atoms with E-state index in [1.54, 1.807) is 47.8 Å². The molecule has 4 aromatic rings. The van der Waals surface area contributed by atoms with Gasteiger partial charge in [0, 0.05) is 7.05 Å². The molecule has 2 aromatic carbocycles. The highest BCUT2D eigenvalue weighted by molar-refractivity contribution is 7.93. The lowest BCUT2D eigenvalue weighted by Crippen LogP contribution is -2.26. The van der Waals surface area contributed by atoms with E-state index in [1.807, 2.05) is 6.07 Å². The van der Waals surface area contributed by atoms with Gasteiger partial charge in [0.25, 0.3) is 15.9 Å². The summed E-state index contributed by atoms with van der Waals surface area (Å²) in [5.74, 6) is 1.35. The molecule has 0 N–H and O–H groups in total. The van der Waals surface area contributed by atoms with Gasteiger partial charge in [-0.15, -0.1) is 11.3 Å². The molecule has 8 nitrogen and oxygen atoms in total. The molecule has 0 radical (unpaired) electrons. The molecule has 0 saturated heterocycles. The van der Waals surface area contributed by atoms with E-state index < -0.39 is 10.0 Å². The second-order valence-electron chi connectivity index (χ2n) is 6.39. The standard InChI is InChI=1S/C21H19N3O5S2/c1-24(14-8-5-4-6-9-14)31(25,26)17-12-13-30-19(17)21-22-20(23-29-21)15-10-7-11-16(27-2)18(15)28-3/h4-13H,1-3H3. The number of hydrogen-bond acceptors (Lipinski definition) is 8. The second kappa shape index (κ2) is 8.40. The third kappa shape index (κ3) is 3.75. The zero-order valence-electron chi connectivity index (χ0n) is 17.0. The normalized spacial score (nSPS) is 11.3. The molecule has 2 aromatic heterocycles. The molecule has 0 aliphatic rings. The van der Waals surface area contributed by atoms with E-state index in [9.17, 15) is 8.42 Å². The molecule has 160 valence electrons. The summed E-state index contributed by atoms with van der Waals surface area (Å²) in [5.41, 5.74) is 1.12. The topological polar surface area (TPSA) is 94.8 Å². The Balaban J connectivity index is 1.74. The average molecular weight is 458 g/mol. The van der Waals surface area contributed by atoms with Crippen molar-refractivity contribution in [2.75, 3.05) is 25.6 Å². The number of nitrogens with zero attached hydrogens (tertiary/aromatic N) is 3. The lowest BCUT2D eigenvalue weighted by atomic mass is 10.1. The first-order chi connectivity index (χ1) is 15.0. The number of rotatable bonds is 7. The summed E-state index contributed by atoms with van der Waals surface area (Å²) in [6.07, 6.45) is 0. The molecule has 31 heavy (non-hydrogen) atoms. The number of ether oxygens (including phenoxy) is 2. The quantitative estimate of drug-likeness (QED) is 0.408. The minimum Gasteiger partial charge on any atom is -0.493 e. The number of aromatic nitrogens is 2. The number of para-hydroxylation sites is 2. The van der Waals surface area contributed by atoms with Crippen LogP contribution in [0.5, 0.6) is 11.5 Å². The number of anilines is 1. The van der Waals surface area contributed by atoms with Crippen molar-refractivity contribution >= 4 is 27.0 Å². The van der Waals surface area contributed by atoms with Crippen molar-refractivity contribution in [3.8, 4) is 33.7 Å². The van der Waals surface area contributed by atoms with Gasteiger partial charge in [0.15, 0.2) is 11.5 Å². The van der Waals surface area contributed by atoms with Crippen molar-refractivity contribution in [2.24, 2.45) is 0 Å². The Bertz CT molecular complexity index is 1300. The third-order valence-electron chi connectivity index (χ3n) is 4.65. The van der Waals surface area contributed by atoms with Crippen molar-refractivity contribution in [1.29, 1.82) is 0 Å². The fraction of sp³-hybridized carbons (Fsp3) is 0.143. The van der Waals surface area contributed by atoms with Crippen LogP contribution in [-0.4, -0.2) is 39.8 Å². The highest BCUT2D eigenvalue weighted by Gasteiger charge is 2.29. The minimum absolute atomic E-state index is 0.0941. The first-order valence-electron chi connectivity index (χ1n) is 9.14. The lowest BCUT2D eigenvalue weighted by molar-refractivity contribution is 0.355. The second-order valence-corrected chi connectivity index (χ2v) is 9.24. The molecule has 0 aliphatic carbocycles. The zero-order chi connectivity index (χ0) is 22.0. The van der Waals surface area contributed by atoms with Gasteiger partial charge in [-0.2, -0.15) is 4.98 Å². The van der Waals surface area contributed by atoms with Gasteiger partial charge in [0.05, 0.1) is 25.5 Å². The largest absolute Gasteiger partial charge is 0.493 e. The number of thiophene rings is 1. The maximum absolute atomic E-state index is 13.3. The maximum atomic E-state index is 13.3. The summed E-state index contributed by atoms with van der Waals surface area (Å²) in [5, 5.41) is 5.71. The van der Waals surface area contributed by atoms with Crippen LogP contribution in [0.3, 0.4) is 0 Å². The fourth-order valence-corrected chi connectivity index (χ4v) is 5.58. The van der Waals surface area contributed by atoms with Crippen LogP contribution in [0.1, 0.15) is 0 Å². The number of sulfonamides is 1. The summed E-state index contributed by atoms with van der Waals surface area (Å²) >= 11 is 1.21. The van der Waals surface area contributed by atoms with E-state index >= 15 is 0 Å². The summed E-state index contributed by atoms with van der Waals surface area (Å²) in [6, 6.07) is 15.7. The van der Waals surface area contributed by atoms with Gasteiger partial charge in [0.2, 0.25) is 5.82 Å². The molecule has 2 heterocycles. The summed E-state index contributed by atoms with van der Waals surface area (Å²) in [6.45, 7) is 0. The van der Waals surface area contributed by atoms with Crippen molar-refractivity contribution < 1.29 is 22.4 Å². The zero-order valence-corrected chi connectivity index (χ0v) is 18.6. The van der Waals surface area contributed by atoms with Crippen LogP contribution >= 0.6 is 11.3 Å². The van der Waals surface area contributed by atoms with Crippen LogP contribution < -0.4 is 13.8 Å². The summed E-state index contributed by atoms with van der Waals surface area (Å²) in [4.78, 5) is 4.89. The van der Waals surface area contributed by atoms with E-state index in [0.29, 0.717) is 27.6 Å². The van der Waals surface area contributed by atoms with Gasteiger partial charge in [-0.3, -0.25) is 4.31 Å². The Morgan fingerprint density at radius 3 is 2.48 bits per heavy atom. The smallest absolute Gasteiger partial charge is 0.269 e.